The van der Waals surface area contributed by atoms with Gasteiger partial charge in [-0.15, -0.1) is 0 Å². The van der Waals surface area contributed by atoms with Crippen molar-refractivity contribution in [3.63, 3.8) is 0 Å². The number of likely N-dealkylation sites (tertiary alicyclic amines) is 1. The smallest absolute Gasteiger partial charge is 0.254 e. The van der Waals surface area contributed by atoms with E-state index >= 15 is 0 Å². The van der Waals surface area contributed by atoms with E-state index in [2.05, 4.69) is 9.97 Å². The zero-order chi connectivity index (χ0) is 17.2. The molecule has 4 nitrogen and oxygen atoms in total. The van der Waals surface area contributed by atoms with Gasteiger partial charge in [0.1, 0.15) is 5.82 Å². The van der Waals surface area contributed by atoms with Crippen molar-refractivity contribution in [3.05, 3.63) is 42.4 Å². The zero-order valence-electron chi connectivity index (χ0n) is 13.6. The number of imidazole rings is 1. The van der Waals surface area contributed by atoms with Gasteiger partial charge in [-0.3, -0.25) is 4.79 Å². The van der Waals surface area contributed by atoms with E-state index < -0.39 is 18.3 Å². The standard InChI is InChI=1S/C18H21F2N3O/c1-18(19,20)11-16(24)23-10-6-5-9-15(23)17-21-12-14(22-17)13-7-3-2-4-8-13/h2-4,7-8,12,15H,5-6,9-11H2,1H3,(H,21,22)/t15-/m1/s1. The van der Waals surface area contributed by atoms with Gasteiger partial charge in [0, 0.05) is 6.54 Å². The molecule has 1 aromatic carbocycles. The van der Waals surface area contributed by atoms with Crippen LogP contribution < -0.4 is 0 Å². The highest BCUT2D eigenvalue weighted by molar-refractivity contribution is 5.77. The molecule has 0 spiro atoms. The molecule has 1 saturated heterocycles. The number of halogens is 2. The predicted molar refractivity (Wildman–Crippen MR) is 87.6 cm³/mol. The number of carbonyl (C=O) groups is 1. The number of benzene rings is 1. The van der Waals surface area contributed by atoms with E-state index in [-0.39, 0.29) is 6.04 Å². The number of aromatic nitrogens is 2. The monoisotopic (exact) mass is 333 g/mol. The van der Waals surface area contributed by atoms with E-state index in [0.29, 0.717) is 12.4 Å². The molecule has 0 aliphatic carbocycles. The molecule has 1 amide bonds. The van der Waals surface area contributed by atoms with Crippen LogP contribution in [0.5, 0.6) is 0 Å². The second-order valence-electron chi connectivity index (χ2n) is 6.39. The molecular formula is C18H21F2N3O. The summed E-state index contributed by atoms with van der Waals surface area (Å²) < 4.78 is 26.4. The summed E-state index contributed by atoms with van der Waals surface area (Å²) in [6.45, 7) is 1.28. The van der Waals surface area contributed by atoms with Crippen LogP contribution in [-0.2, 0) is 4.79 Å². The first-order valence-corrected chi connectivity index (χ1v) is 8.22. The number of alkyl halides is 2. The van der Waals surface area contributed by atoms with Gasteiger partial charge in [-0.2, -0.15) is 0 Å². The number of hydrogen-bond acceptors (Lipinski definition) is 2. The van der Waals surface area contributed by atoms with Crippen LogP contribution in [0.1, 0.15) is 44.5 Å². The third-order valence-corrected chi connectivity index (χ3v) is 4.28. The van der Waals surface area contributed by atoms with Crippen molar-refractivity contribution in [1.82, 2.24) is 14.9 Å². The van der Waals surface area contributed by atoms with Gasteiger partial charge in [0.05, 0.1) is 24.4 Å². The van der Waals surface area contributed by atoms with Gasteiger partial charge in [-0.05, 0) is 31.7 Å². The Kier molecular flexibility index (Phi) is 4.64. The summed E-state index contributed by atoms with van der Waals surface area (Å²) in [6.07, 6.45) is 3.51. The normalized spacial score (nSPS) is 18.6. The average molecular weight is 333 g/mol. The number of amides is 1. The summed E-state index contributed by atoms with van der Waals surface area (Å²) >= 11 is 0. The Morgan fingerprint density at radius 1 is 1.33 bits per heavy atom. The van der Waals surface area contributed by atoms with Crippen molar-refractivity contribution in [2.75, 3.05) is 6.54 Å². The first-order chi connectivity index (χ1) is 11.4. The molecule has 1 atom stereocenters. The van der Waals surface area contributed by atoms with Gasteiger partial charge in [-0.1, -0.05) is 30.3 Å². The molecule has 128 valence electrons. The fraction of sp³-hybridized carbons (Fsp3) is 0.444. The Morgan fingerprint density at radius 3 is 2.79 bits per heavy atom. The highest BCUT2D eigenvalue weighted by atomic mass is 19.3. The van der Waals surface area contributed by atoms with Gasteiger partial charge in [0.15, 0.2) is 0 Å². The van der Waals surface area contributed by atoms with E-state index in [9.17, 15) is 13.6 Å². The van der Waals surface area contributed by atoms with E-state index in [1.54, 1.807) is 11.1 Å². The van der Waals surface area contributed by atoms with Crippen molar-refractivity contribution in [2.24, 2.45) is 0 Å². The quantitative estimate of drug-likeness (QED) is 0.912. The molecule has 1 N–H and O–H groups in total. The van der Waals surface area contributed by atoms with Crippen molar-refractivity contribution in [3.8, 4) is 11.3 Å². The number of H-pyrrole nitrogens is 1. The average Bonchev–Trinajstić information content (AvgIpc) is 3.04. The molecule has 0 radical (unpaired) electrons. The summed E-state index contributed by atoms with van der Waals surface area (Å²) in [5.74, 6) is -2.83. The molecule has 2 aromatic rings. The molecule has 2 heterocycles. The molecule has 0 unspecified atom stereocenters. The fourth-order valence-corrected chi connectivity index (χ4v) is 3.15. The first kappa shape index (κ1) is 16.6. The van der Waals surface area contributed by atoms with Crippen molar-refractivity contribution in [1.29, 1.82) is 0 Å². The maximum atomic E-state index is 13.2. The number of nitrogens with one attached hydrogen (secondary N) is 1. The van der Waals surface area contributed by atoms with E-state index in [1.807, 2.05) is 30.3 Å². The van der Waals surface area contributed by atoms with E-state index in [0.717, 1.165) is 37.4 Å². The molecule has 3 rings (SSSR count). The molecule has 1 aromatic heterocycles. The second-order valence-corrected chi connectivity index (χ2v) is 6.39. The maximum absolute atomic E-state index is 13.2. The molecule has 1 fully saturated rings. The Hall–Kier alpha value is -2.24. The largest absolute Gasteiger partial charge is 0.340 e. The molecule has 1 aliphatic rings. The lowest BCUT2D eigenvalue weighted by molar-refractivity contribution is -0.141. The number of piperidine rings is 1. The molecule has 24 heavy (non-hydrogen) atoms. The second kappa shape index (κ2) is 6.71. The number of rotatable bonds is 4. The van der Waals surface area contributed by atoms with E-state index in [4.69, 9.17) is 0 Å². The SMILES string of the molecule is CC(F)(F)CC(=O)N1CCCC[C@@H]1c1ncc(-c2ccccc2)[nH]1. The van der Waals surface area contributed by atoms with Gasteiger partial charge >= 0.3 is 0 Å². The molecule has 6 heteroatoms. The number of carbonyl (C=O) groups excluding carboxylic acids is 1. The third-order valence-electron chi connectivity index (χ3n) is 4.28. The molecule has 0 saturated carbocycles. The van der Waals surface area contributed by atoms with Crippen LogP contribution >= 0.6 is 0 Å². The van der Waals surface area contributed by atoms with Crippen LogP contribution in [0, 0.1) is 0 Å². The lowest BCUT2D eigenvalue weighted by Crippen LogP contribution is -2.41. The zero-order valence-corrected chi connectivity index (χ0v) is 13.6. The van der Waals surface area contributed by atoms with Crippen molar-refractivity contribution in [2.45, 2.75) is 44.6 Å². The summed E-state index contributed by atoms with van der Waals surface area (Å²) in [5.41, 5.74) is 1.87. The lowest BCUT2D eigenvalue weighted by atomic mass is 10.0. The highest BCUT2D eigenvalue weighted by Crippen LogP contribution is 2.32. The summed E-state index contributed by atoms with van der Waals surface area (Å²) in [5, 5.41) is 0. The predicted octanol–water partition coefficient (Wildman–Crippen LogP) is 4.18. The van der Waals surface area contributed by atoms with Crippen LogP contribution in [0.4, 0.5) is 8.78 Å². The topological polar surface area (TPSA) is 49.0 Å². The summed E-state index contributed by atoms with van der Waals surface area (Å²) in [6, 6.07) is 9.50. The van der Waals surface area contributed by atoms with Crippen molar-refractivity contribution >= 4 is 5.91 Å². The Balaban J connectivity index is 1.81. The van der Waals surface area contributed by atoms with Crippen molar-refractivity contribution < 1.29 is 13.6 Å². The minimum atomic E-state index is -2.99. The third kappa shape index (κ3) is 3.80. The fourth-order valence-electron chi connectivity index (χ4n) is 3.15. The summed E-state index contributed by atoms with van der Waals surface area (Å²) in [7, 11) is 0. The van der Waals surface area contributed by atoms with Gasteiger partial charge in [0.25, 0.3) is 5.92 Å². The van der Waals surface area contributed by atoms with E-state index in [1.165, 1.54) is 0 Å². The van der Waals surface area contributed by atoms with Gasteiger partial charge in [-0.25, -0.2) is 13.8 Å². The Bertz CT molecular complexity index is 694. The summed E-state index contributed by atoms with van der Waals surface area (Å²) in [4.78, 5) is 21.5. The van der Waals surface area contributed by atoms with Crippen LogP contribution in [-0.4, -0.2) is 33.2 Å². The Labute approximate surface area is 139 Å². The molecule has 1 aliphatic heterocycles. The molecular weight excluding hydrogens is 312 g/mol. The van der Waals surface area contributed by atoms with Crippen LogP contribution in [0.25, 0.3) is 11.3 Å². The lowest BCUT2D eigenvalue weighted by Gasteiger charge is -2.35. The number of hydrogen-bond donors (Lipinski definition) is 1. The minimum absolute atomic E-state index is 0.258. The van der Waals surface area contributed by atoms with Gasteiger partial charge < -0.3 is 9.88 Å². The Morgan fingerprint density at radius 2 is 2.08 bits per heavy atom. The number of nitrogens with zero attached hydrogens (tertiary/aromatic N) is 2. The minimum Gasteiger partial charge on any atom is -0.340 e. The number of aromatic amines is 1. The first-order valence-electron chi connectivity index (χ1n) is 8.22. The van der Waals surface area contributed by atoms with Gasteiger partial charge in [0.2, 0.25) is 5.91 Å². The van der Waals surface area contributed by atoms with Crippen LogP contribution in [0.15, 0.2) is 36.5 Å². The maximum Gasteiger partial charge on any atom is 0.254 e. The van der Waals surface area contributed by atoms with Crippen LogP contribution in [0.2, 0.25) is 0 Å². The van der Waals surface area contributed by atoms with Crippen LogP contribution in [0.3, 0.4) is 0 Å². The highest BCUT2D eigenvalue weighted by Gasteiger charge is 2.34. The molecule has 0 bridgehead atoms.